The number of anilines is 1. The van der Waals surface area contributed by atoms with E-state index in [4.69, 9.17) is 0 Å². The van der Waals surface area contributed by atoms with Crippen LogP contribution < -0.4 is 5.32 Å². The number of amides is 1. The largest absolute Gasteiger partial charge is 0.320 e. The molecular formula is C13H5F5N2O3S5. The second kappa shape index (κ2) is 10.5. The van der Waals surface area contributed by atoms with Crippen LogP contribution in [0, 0.1) is 10.1 Å². The van der Waals surface area contributed by atoms with Gasteiger partial charge >= 0.3 is 0 Å². The van der Waals surface area contributed by atoms with Crippen LogP contribution in [-0.2, 0) is 0 Å². The quantitative estimate of drug-likeness (QED) is 0.228. The van der Waals surface area contributed by atoms with Gasteiger partial charge in [0.25, 0.3) is 11.6 Å². The number of non-ortho nitro benzene ring substituents is 1. The summed E-state index contributed by atoms with van der Waals surface area (Å²) < 4.78 is 66.6. The number of nitro benzene ring substituents is 1. The minimum atomic E-state index is -0.953. The zero-order valence-corrected chi connectivity index (χ0v) is 17.0. The Labute approximate surface area is 176 Å². The van der Waals surface area contributed by atoms with Crippen LogP contribution in [0.15, 0.2) is 48.7 Å². The van der Waals surface area contributed by atoms with Crippen molar-refractivity contribution in [3.63, 3.8) is 0 Å². The van der Waals surface area contributed by atoms with Gasteiger partial charge in [-0.1, -0.05) is 0 Å². The summed E-state index contributed by atoms with van der Waals surface area (Å²) in [4.78, 5) is 19.0. The van der Waals surface area contributed by atoms with E-state index in [0.29, 0.717) is 0 Å². The van der Waals surface area contributed by atoms with E-state index in [1.165, 1.54) is 0 Å². The van der Waals surface area contributed by atoms with Crippen LogP contribution >= 0.6 is 60.7 Å². The summed E-state index contributed by atoms with van der Waals surface area (Å²) in [5.41, 5.74) is -1.02. The molecule has 0 fully saturated rings. The first-order valence-electron chi connectivity index (χ1n) is 6.66. The van der Waals surface area contributed by atoms with Crippen LogP contribution in [0.25, 0.3) is 0 Å². The van der Waals surface area contributed by atoms with E-state index in [1.54, 1.807) is 0 Å². The van der Waals surface area contributed by atoms with E-state index >= 15 is 0 Å². The van der Waals surface area contributed by atoms with E-state index in [0.717, 1.165) is 24.3 Å². The topological polar surface area (TPSA) is 72.2 Å². The van der Waals surface area contributed by atoms with Crippen molar-refractivity contribution < 1.29 is 29.1 Å². The molecule has 0 saturated carbocycles. The summed E-state index contributed by atoms with van der Waals surface area (Å²) in [6.45, 7) is 0. The van der Waals surface area contributed by atoms with Crippen LogP contribution in [-0.4, -0.2) is 10.8 Å². The SMILES string of the molecule is O=C(Nc1c(SF)c(SF)c(SF)c(SF)c1SF)c1ccc([N+](=O)[O-])cc1. The van der Waals surface area contributed by atoms with Gasteiger partial charge in [0.1, 0.15) is 0 Å². The number of nitrogens with zero attached hydrogens (tertiary/aromatic N) is 1. The maximum Gasteiger partial charge on any atom is 0.269 e. The lowest BCUT2D eigenvalue weighted by molar-refractivity contribution is -0.384. The second-order valence-electron chi connectivity index (χ2n) is 4.66. The molecule has 0 spiro atoms. The fourth-order valence-electron chi connectivity index (χ4n) is 2.03. The van der Waals surface area contributed by atoms with Crippen molar-refractivity contribution in [2.45, 2.75) is 24.5 Å². The predicted molar refractivity (Wildman–Crippen MR) is 102 cm³/mol. The third kappa shape index (κ3) is 4.64. The summed E-state index contributed by atoms with van der Waals surface area (Å²) in [5.74, 6) is -0.953. The molecule has 0 aliphatic rings. The lowest BCUT2D eigenvalue weighted by Crippen LogP contribution is -2.14. The first-order valence-corrected chi connectivity index (χ1v) is 10.2. The maximum atomic E-state index is 13.4. The van der Waals surface area contributed by atoms with Gasteiger partial charge in [-0.3, -0.25) is 14.9 Å². The Balaban J connectivity index is 2.56. The van der Waals surface area contributed by atoms with Gasteiger partial charge in [-0.15, -0.1) is 0 Å². The van der Waals surface area contributed by atoms with Gasteiger partial charge < -0.3 is 5.32 Å². The van der Waals surface area contributed by atoms with Gasteiger partial charge in [0.2, 0.25) is 0 Å². The van der Waals surface area contributed by atoms with Gasteiger partial charge in [-0.2, -0.15) is 19.4 Å². The Hall–Kier alpha value is -1.29. The van der Waals surface area contributed by atoms with Gasteiger partial charge in [0, 0.05) is 17.7 Å². The summed E-state index contributed by atoms with van der Waals surface area (Å²) in [5, 5.41) is 12.8. The van der Waals surface area contributed by atoms with E-state index in [-0.39, 0.29) is 11.3 Å². The van der Waals surface area contributed by atoms with Gasteiger partial charge in [-0.05, 0) is 12.1 Å². The van der Waals surface area contributed by atoms with Crippen molar-refractivity contribution in [1.29, 1.82) is 0 Å². The third-order valence-electron chi connectivity index (χ3n) is 3.24. The third-order valence-corrected chi connectivity index (χ3v) is 6.57. The minimum absolute atomic E-state index is 0.122. The van der Waals surface area contributed by atoms with Crippen LogP contribution in [0.5, 0.6) is 0 Å². The summed E-state index contributed by atoms with van der Waals surface area (Å²) >= 11 is -2.97. The molecular weight excluding hydrogens is 487 g/mol. The lowest BCUT2D eigenvalue weighted by Gasteiger charge is -2.18. The van der Waals surface area contributed by atoms with Crippen LogP contribution in [0.2, 0.25) is 0 Å². The number of nitro groups is 1. The highest BCUT2D eigenvalue weighted by Crippen LogP contribution is 2.54. The fraction of sp³-hybridized carbons (Fsp3) is 0. The van der Waals surface area contributed by atoms with Crippen LogP contribution in [0.4, 0.5) is 30.8 Å². The smallest absolute Gasteiger partial charge is 0.269 e. The zero-order valence-electron chi connectivity index (χ0n) is 12.9. The Morgan fingerprint density at radius 2 is 1.18 bits per heavy atom. The van der Waals surface area contributed by atoms with Crippen LogP contribution in [0.1, 0.15) is 10.4 Å². The Morgan fingerprint density at radius 1 is 0.786 bits per heavy atom. The molecule has 0 heterocycles. The highest BCUT2D eigenvalue weighted by molar-refractivity contribution is 8.00. The average molecular weight is 493 g/mol. The Bertz CT molecular complexity index is 870. The average Bonchev–Trinajstić information content (AvgIpc) is 2.72. The monoisotopic (exact) mass is 492 g/mol. The van der Waals surface area contributed by atoms with Gasteiger partial charge in [0.05, 0.1) is 95.8 Å². The molecule has 2 aromatic rings. The number of hydrogen-bond acceptors (Lipinski definition) is 8. The first-order chi connectivity index (χ1) is 13.4. The number of hydrogen-bond donors (Lipinski definition) is 1. The maximum absolute atomic E-state index is 13.4. The minimum Gasteiger partial charge on any atom is -0.320 e. The molecule has 0 aliphatic carbocycles. The Kier molecular flexibility index (Phi) is 8.60. The number of rotatable bonds is 8. The van der Waals surface area contributed by atoms with Crippen molar-refractivity contribution in [2.24, 2.45) is 0 Å². The van der Waals surface area contributed by atoms with Gasteiger partial charge in [0.15, 0.2) is 0 Å². The molecule has 150 valence electrons. The number of nitrogens with one attached hydrogen (secondary N) is 1. The van der Waals surface area contributed by atoms with Crippen molar-refractivity contribution >= 4 is 78.0 Å². The molecule has 1 N–H and O–H groups in total. The molecule has 2 rings (SSSR count). The highest BCUT2D eigenvalue weighted by atomic mass is 32.2. The number of carbonyl (C=O) groups excluding carboxylic acids is 1. The lowest BCUT2D eigenvalue weighted by atomic mass is 10.2. The molecule has 0 unspecified atom stereocenters. The fourth-order valence-corrected chi connectivity index (χ4v) is 4.88. The van der Waals surface area contributed by atoms with E-state index < -0.39 is 102 Å². The molecule has 0 bridgehead atoms. The van der Waals surface area contributed by atoms with E-state index in [1.807, 2.05) is 0 Å². The van der Waals surface area contributed by atoms with Gasteiger partial charge in [-0.25, -0.2) is 0 Å². The number of carbonyl (C=O) groups is 1. The zero-order chi connectivity index (χ0) is 20.8. The highest BCUT2D eigenvalue weighted by Gasteiger charge is 2.29. The van der Waals surface area contributed by atoms with E-state index in [9.17, 15) is 34.3 Å². The summed E-state index contributed by atoms with van der Waals surface area (Å²) in [6.07, 6.45) is 0. The van der Waals surface area contributed by atoms with Crippen LogP contribution in [0.3, 0.4) is 0 Å². The summed E-state index contributed by atoms with van der Waals surface area (Å²) in [7, 11) is 0. The van der Waals surface area contributed by atoms with Crippen molar-refractivity contribution in [1.82, 2.24) is 0 Å². The standard InChI is InChI=1S/C13H5F5N2O3S5/c14-24-8-7(9(25-15)11(27-17)12(28-18)10(8)26-16)19-13(21)5-1-3-6(4-2-5)20(22)23/h1-4H,(H,19,21). The summed E-state index contributed by atoms with van der Waals surface area (Å²) in [6, 6.07) is 4.22. The predicted octanol–water partition coefficient (Wildman–Crippen LogP) is 7.73. The normalized spacial score (nSPS) is 10.8. The van der Waals surface area contributed by atoms with Crippen molar-refractivity contribution in [3.8, 4) is 0 Å². The second-order valence-corrected chi connectivity index (χ2v) is 7.48. The molecule has 0 radical (unpaired) electrons. The number of benzene rings is 2. The molecule has 0 saturated heterocycles. The molecule has 28 heavy (non-hydrogen) atoms. The van der Waals surface area contributed by atoms with Crippen molar-refractivity contribution in [2.75, 3.05) is 5.32 Å². The molecule has 5 nitrogen and oxygen atoms in total. The molecule has 0 aromatic heterocycles. The number of halogens is 5. The first kappa shape index (κ1) is 23.0. The van der Waals surface area contributed by atoms with E-state index in [2.05, 4.69) is 5.32 Å². The Morgan fingerprint density at radius 3 is 1.54 bits per heavy atom. The molecule has 0 atom stereocenters. The molecule has 2 aromatic carbocycles. The van der Waals surface area contributed by atoms with Crippen molar-refractivity contribution in [3.05, 3.63) is 39.9 Å². The molecule has 15 heteroatoms. The molecule has 0 aliphatic heterocycles. The molecule has 1 amide bonds.